The third-order valence-electron chi connectivity index (χ3n) is 2.24. The van der Waals surface area contributed by atoms with Crippen LogP contribution in [0.4, 0.5) is 17.6 Å². The van der Waals surface area contributed by atoms with Crippen molar-refractivity contribution in [2.75, 3.05) is 11.1 Å². The second-order valence-electron chi connectivity index (χ2n) is 3.30. The number of aryl methyl sites for hydroxylation is 1. The van der Waals surface area contributed by atoms with E-state index in [2.05, 4.69) is 33.3 Å². The molecule has 1 aromatic carbocycles. The number of nitrogens with one attached hydrogen (secondary N) is 1. The highest BCUT2D eigenvalue weighted by Crippen LogP contribution is 2.18. The highest BCUT2D eigenvalue weighted by molar-refractivity contribution is 5.85. The Morgan fingerprint density at radius 2 is 2.00 bits per heavy atom. The third kappa shape index (κ3) is 3.29. The van der Waals surface area contributed by atoms with Crippen LogP contribution in [0.2, 0.25) is 0 Å². The number of hydrogen-bond donors (Lipinski definition) is 2. The van der Waals surface area contributed by atoms with Crippen LogP contribution in [0.5, 0.6) is 0 Å². The van der Waals surface area contributed by atoms with E-state index in [0.717, 1.165) is 12.1 Å². The molecule has 1 aromatic heterocycles. The lowest BCUT2D eigenvalue weighted by Gasteiger charge is -2.08. The Morgan fingerprint density at radius 3 is 2.71 bits per heavy atom. The van der Waals surface area contributed by atoms with Crippen LogP contribution in [0.3, 0.4) is 0 Å². The fourth-order valence-electron chi connectivity index (χ4n) is 1.44. The first-order valence-corrected chi connectivity index (χ1v) is 5.09. The second kappa shape index (κ2) is 6.00. The zero-order valence-electron chi connectivity index (χ0n) is 9.42. The molecular weight excluding hydrogens is 238 g/mol. The monoisotopic (exact) mass is 251 g/mol. The first kappa shape index (κ1) is 13.2. The van der Waals surface area contributed by atoms with Crippen molar-refractivity contribution >= 4 is 30.0 Å². The highest BCUT2D eigenvalue weighted by atomic mass is 35.5. The summed E-state index contributed by atoms with van der Waals surface area (Å²) in [5.74, 6) is 0.680. The van der Waals surface area contributed by atoms with E-state index in [1.807, 2.05) is 18.2 Å². The Morgan fingerprint density at radius 1 is 1.24 bits per heavy atom. The van der Waals surface area contributed by atoms with E-state index in [1.54, 1.807) is 0 Å². The molecule has 3 N–H and O–H groups in total. The number of rotatable bonds is 3. The van der Waals surface area contributed by atoms with Crippen LogP contribution in [0.25, 0.3) is 0 Å². The predicted molar refractivity (Wildman–Crippen MR) is 70.6 cm³/mol. The number of benzene rings is 1. The molecule has 0 aliphatic rings. The quantitative estimate of drug-likeness (QED) is 0.874. The summed E-state index contributed by atoms with van der Waals surface area (Å²) in [6.07, 6.45) is 2.34. The molecule has 0 atom stereocenters. The molecule has 0 saturated carbocycles. The van der Waals surface area contributed by atoms with Crippen molar-refractivity contribution in [2.45, 2.75) is 13.3 Å². The number of nitrogen functional groups attached to an aromatic ring is 1. The number of halogens is 1. The maximum Gasteiger partial charge on any atom is 0.231 e. The normalized spacial score (nSPS) is 9.47. The van der Waals surface area contributed by atoms with Crippen molar-refractivity contribution in [3.63, 3.8) is 0 Å². The van der Waals surface area contributed by atoms with Crippen LogP contribution >= 0.6 is 12.4 Å². The summed E-state index contributed by atoms with van der Waals surface area (Å²) in [5, 5.41) is 3.12. The molecule has 0 saturated heterocycles. The van der Waals surface area contributed by atoms with Gasteiger partial charge in [-0.15, -0.1) is 12.4 Å². The number of hydrogen-bond acceptors (Lipinski definition) is 5. The fourth-order valence-corrected chi connectivity index (χ4v) is 1.44. The average molecular weight is 252 g/mol. The lowest BCUT2D eigenvalue weighted by Crippen LogP contribution is -2.03. The minimum atomic E-state index is 0. The largest absolute Gasteiger partial charge is 0.368 e. The van der Waals surface area contributed by atoms with Crippen molar-refractivity contribution in [3.05, 3.63) is 36.2 Å². The van der Waals surface area contributed by atoms with E-state index in [4.69, 9.17) is 5.73 Å². The standard InChI is InChI=1S/C11H13N5.ClH/c1-2-8-5-3-4-6-9(8)15-11-14-7-13-10(12)16-11;/h3-7H,2H2,1H3,(H3,12,13,14,15,16);1H. The molecule has 0 aliphatic heterocycles. The topological polar surface area (TPSA) is 76.7 Å². The minimum absolute atomic E-state index is 0. The molecule has 0 spiro atoms. The van der Waals surface area contributed by atoms with E-state index in [1.165, 1.54) is 11.9 Å². The van der Waals surface area contributed by atoms with Gasteiger partial charge in [0, 0.05) is 5.69 Å². The van der Waals surface area contributed by atoms with Crippen LogP contribution < -0.4 is 11.1 Å². The van der Waals surface area contributed by atoms with Gasteiger partial charge in [0.1, 0.15) is 6.33 Å². The minimum Gasteiger partial charge on any atom is -0.368 e. The summed E-state index contributed by atoms with van der Waals surface area (Å²) in [5.41, 5.74) is 7.69. The fraction of sp³-hybridized carbons (Fsp3) is 0.182. The van der Waals surface area contributed by atoms with Gasteiger partial charge in [-0.1, -0.05) is 25.1 Å². The third-order valence-corrected chi connectivity index (χ3v) is 2.24. The van der Waals surface area contributed by atoms with Gasteiger partial charge in [-0.2, -0.15) is 4.98 Å². The van der Waals surface area contributed by atoms with Crippen molar-refractivity contribution in [1.82, 2.24) is 15.0 Å². The number of aromatic nitrogens is 3. The van der Waals surface area contributed by atoms with Gasteiger partial charge < -0.3 is 11.1 Å². The maximum absolute atomic E-state index is 5.48. The Kier molecular flexibility index (Phi) is 4.66. The molecule has 0 radical (unpaired) electrons. The van der Waals surface area contributed by atoms with Crippen LogP contribution in [-0.2, 0) is 6.42 Å². The highest BCUT2D eigenvalue weighted by Gasteiger charge is 2.02. The Labute approximate surface area is 106 Å². The first-order chi connectivity index (χ1) is 7.79. The van der Waals surface area contributed by atoms with Gasteiger partial charge in [0.05, 0.1) is 0 Å². The number of para-hydroxylation sites is 1. The molecule has 2 rings (SSSR count). The Hall–Kier alpha value is -1.88. The van der Waals surface area contributed by atoms with Crippen LogP contribution in [-0.4, -0.2) is 15.0 Å². The van der Waals surface area contributed by atoms with Crippen molar-refractivity contribution in [1.29, 1.82) is 0 Å². The second-order valence-corrected chi connectivity index (χ2v) is 3.30. The van der Waals surface area contributed by atoms with Crippen LogP contribution in [0.1, 0.15) is 12.5 Å². The van der Waals surface area contributed by atoms with Gasteiger partial charge in [0.2, 0.25) is 11.9 Å². The van der Waals surface area contributed by atoms with E-state index in [-0.39, 0.29) is 18.4 Å². The smallest absolute Gasteiger partial charge is 0.231 e. The summed E-state index contributed by atoms with van der Waals surface area (Å²) in [6.45, 7) is 2.10. The van der Waals surface area contributed by atoms with E-state index >= 15 is 0 Å². The summed E-state index contributed by atoms with van der Waals surface area (Å²) in [6, 6.07) is 8.02. The van der Waals surface area contributed by atoms with Crippen molar-refractivity contribution in [3.8, 4) is 0 Å². The molecule has 1 heterocycles. The molecule has 5 nitrogen and oxygen atoms in total. The summed E-state index contributed by atoms with van der Waals surface area (Å²) in [4.78, 5) is 11.7. The molecule has 0 amide bonds. The Balaban J connectivity index is 0.00000144. The van der Waals surface area contributed by atoms with Crippen molar-refractivity contribution in [2.24, 2.45) is 0 Å². The SMILES string of the molecule is CCc1ccccc1Nc1ncnc(N)n1.Cl. The van der Waals surface area contributed by atoms with E-state index < -0.39 is 0 Å². The molecule has 90 valence electrons. The van der Waals surface area contributed by atoms with Gasteiger partial charge in [0.15, 0.2) is 0 Å². The Bertz CT molecular complexity index is 489. The molecule has 17 heavy (non-hydrogen) atoms. The van der Waals surface area contributed by atoms with Gasteiger partial charge in [-0.25, -0.2) is 9.97 Å². The zero-order valence-corrected chi connectivity index (χ0v) is 10.2. The summed E-state index contributed by atoms with van der Waals surface area (Å²) < 4.78 is 0. The summed E-state index contributed by atoms with van der Waals surface area (Å²) in [7, 11) is 0. The van der Waals surface area contributed by atoms with E-state index in [0.29, 0.717) is 5.95 Å². The first-order valence-electron chi connectivity index (χ1n) is 5.09. The number of anilines is 3. The van der Waals surface area contributed by atoms with Gasteiger partial charge in [-0.05, 0) is 18.1 Å². The van der Waals surface area contributed by atoms with Crippen molar-refractivity contribution < 1.29 is 0 Å². The number of nitrogens with zero attached hydrogens (tertiary/aromatic N) is 3. The average Bonchev–Trinajstić information content (AvgIpc) is 2.30. The zero-order chi connectivity index (χ0) is 11.4. The summed E-state index contributed by atoms with van der Waals surface area (Å²) >= 11 is 0. The molecule has 0 aliphatic carbocycles. The lowest BCUT2D eigenvalue weighted by molar-refractivity contribution is 1.06. The van der Waals surface area contributed by atoms with Gasteiger partial charge in [-0.3, -0.25) is 0 Å². The predicted octanol–water partition coefficient (Wildman–Crippen LogP) is 2.18. The molecule has 2 aromatic rings. The van der Waals surface area contributed by atoms with Crippen LogP contribution in [0, 0.1) is 0 Å². The molecule has 0 unspecified atom stereocenters. The number of nitrogens with two attached hydrogens (primary N) is 1. The molecule has 0 bridgehead atoms. The lowest BCUT2D eigenvalue weighted by atomic mass is 10.1. The molecule has 0 fully saturated rings. The van der Waals surface area contributed by atoms with Crippen LogP contribution in [0.15, 0.2) is 30.6 Å². The van der Waals surface area contributed by atoms with Gasteiger partial charge in [0.25, 0.3) is 0 Å². The maximum atomic E-state index is 5.48. The van der Waals surface area contributed by atoms with Gasteiger partial charge >= 0.3 is 0 Å². The molecular formula is C11H14ClN5. The van der Waals surface area contributed by atoms with E-state index in [9.17, 15) is 0 Å². The molecule has 6 heteroatoms.